The van der Waals surface area contributed by atoms with Crippen LogP contribution in [0.1, 0.15) is 5.56 Å². The fourth-order valence-electron chi connectivity index (χ4n) is 1.53. The lowest BCUT2D eigenvalue weighted by Gasteiger charge is -2.08. The molecule has 96 valence electrons. The highest BCUT2D eigenvalue weighted by Gasteiger charge is 1.97. The molecule has 0 radical (unpaired) electrons. The van der Waals surface area contributed by atoms with Crippen LogP contribution in [-0.2, 0) is 0 Å². The van der Waals surface area contributed by atoms with Crippen LogP contribution in [0.25, 0.3) is 0 Å². The molecule has 0 atom stereocenters. The molecule has 0 aromatic heterocycles. The number of rotatable bonds is 5. The first-order valence-corrected chi connectivity index (χ1v) is 6.58. The minimum atomic E-state index is 0.432. The molecule has 0 saturated heterocycles. The van der Waals surface area contributed by atoms with Crippen molar-refractivity contribution in [2.24, 2.45) is 0 Å². The average Bonchev–Trinajstić information content (AvgIpc) is 2.44. The van der Waals surface area contributed by atoms with Crippen molar-refractivity contribution < 1.29 is 9.47 Å². The SMILES string of the molecule is N#Cc1cccc(OCCOc2cccc(Br)c2)c1. The Hall–Kier alpha value is -1.99. The smallest absolute Gasteiger partial charge is 0.122 e. The van der Waals surface area contributed by atoms with Gasteiger partial charge >= 0.3 is 0 Å². The largest absolute Gasteiger partial charge is 0.490 e. The summed E-state index contributed by atoms with van der Waals surface area (Å²) in [7, 11) is 0. The first-order chi connectivity index (χ1) is 9.28. The zero-order valence-corrected chi connectivity index (χ0v) is 11.8. The molecule has 0 aliphatic carbocycles. The van der Waals surface area contributed by atoms with Crippen molar-refractivity contribution >= 4 is 15.9 Å². The van der Waals surface area contributed by atoms with Crippen molar-refractivity contribution in [3.63, 3.8) is 0 Å². The molecule has 0 spiro atoms. The quantitative estimate of drug-likeness (QED) is 0.788. The fraction of sp³-hybridized carbons (Fsp3) is 0.133. The van der Waals surface area contributed by atoms with Gasteiger partial charge in [0.25, 0.3) is 0 Å². The molecule has 0 aliphatic heterocycles. The zero-order valence-electron chi connectivity index (χ0n) is 10.2. The predicted molar refractivity (Wildman–Crippen MR) is 76.3 cm³/mol. The number of hydrogen-bond donors (Lipinski definition) is 0. The van der Waals surface area contributed by atoms with Gasteiger partial charge in [0.1, 0.15) is 24.7 Å². The average molecular weight is 318 g/mol. The lowest BCUT2D eigenvalue weighted by Crippen LogP contribution is -2.08. The Morgan fingerprint density at radius 2 is 1.58 bits per heavy atom. The number of halogens is 1. The standard InChI is InChI=1S/C15H12BrNO2/c16-13-4-2-6-15(10-13)19-8-7-18-14-5-1-3-12(9-14)11-17/h1-6,9-10H,7-8H2. The van der Waals surface area contributed by atoms with Crippen LogP contribution in [0.3, 0.4) is 0 Å². The molecular weight excluding hydrogens is 306 g/mol. The van der Waals surface area contributed by atoms with Crippen LogP contribution in [0.4, 0.5) is 0 Å². The van der Waals surface area contributed by atoms with E-state index in [1.165, 1.54) is 0 Å². The van der Waals surface area contributed by atoms with E-state index in [0.717, 1.165) is 10.2 Å². The summed E-state index contributed by atoms with van der Waals surface area (Å²) in [4.78, 5) is 0. The molecule has 19 heavy (non-hydrogen) atoms. The van der Waals surface area contributed by atoms with Crippen LogP contribution in [-0.4, -0.2) is 13.2 Å². The molecule has 0 heterocycles. The van der Waals surface area contributed by atoms with Crippen LogP contribution in [0.15, 0.2) is 53.0 Å². The number of ether oxygens (including phenoxy) is 2. The fourth-order valence-corrected chi connectivity index (χ4v) is 1.91. The summed E-state index contributed by atoms with van der Waals surface area (Å²) in [6.07, 6.45) is 0. The van der Waals surface area contributed by atoms with E-state index in [4.69, 9.17) is 14.7 Å². The first-order valence-electron chi connectivity index (χ1n) is 5.79. The van der Waals surface area contributed by atoms with E-state index in [1.54, 1.807) is 18.2 Å². The van der Waals surface area contributed by atoms with Crippen LogP contribution in [0.5, 0.6) is 11.5 Å². The highest BCUT2D eigenvalue weighted by atomic mass is 79.9. The molecule has 0 unspecified atom stereocenters. The maximum absolute atomic E-state index is 8.77. The van der Waals surface area contributed by atoms with Gasteiger partial charge in [0.2, 0.25) is 0 Å². The first kappa shape index (κ1) is 13.4. The van der Waals surface area contributed by atoms with Crippen molar-refractivity contribution in [1.29, 1.82) is 5.26 Å². The molecule has 0 aliphatic rings. The molecule has 0 fully saturated rings. The molecular formula is C15H12BrNO2. The third-order valence-electron chi connectivity index (χ3n) is 2.38. The summed E-state index contributed by atoms with van der Waals surface area (Å²) in [5.41, 5.74) is 0.588. The van der Waals surface area contributed by atoms with Gasteiger partial charge in [-0.1, -0.05) is 28.1 Å². The van der Waals surface area contributed by atoms with E-state index in [-0.39, 0.29) is 0 Å². The lowest BCUT2D eigenvalue weighted by molar-refractivity contribution is 0.217. The second kappa shape index (κ2) is 6.81. The van der Waals surface area contributed by atoms with Crippen molar-refractivity contribution in [3.05, 3.63) is 58.6 Å². The van der Waals surface area contributed by atoms with Gasteiger partial charge in [-0.05, 0) is 36.4 Å². The highest BCUT2D eigenvalue weighted by Crippen LogP contribution is 2.17. The van der Waals surface area contributed by atoms with Crippen LogP contribution >= 0.6 is 15.9 Å². The minimum Gasteiger partial charge on any atom is -0.490 e. The van der Waals surface area contributed by atoms with Gasteiger partial charge < -0.3 is 9.47 Å². The molecule has 2 aromatic carbocycles. The number of nitrogens with zero attached hydrogens (tertiary/aromatic N) is 1. The van der Waals surface area contributed by atoms with Gasteiger partial charge in [-0.2, -0.15) is 5.26 Å². The summed E-state index contributed by atoms with van der Waals surface area (Å²) in [6, 6.07) is 16.8. The van der Waals surface area contributed by atoms with Gasteiger partial charge in [-0.3, -0.25) is 0 Å². The van der Waals surface area contributed by atoms with E-state index in [0.29, 0.717) is 24.5 Å². The highest BCUT2D eigenvalue weighted by molar-refractivity contribution is 9.10. The minimum absolute atomic E-state index is 0.432. The summed E-state index contributed by atoms with van der Waals surface area (Å²) in [5.74, 6) is 1.47. The molecule has 0 N–H and O–H groups in total. The number of benzene rings is 2. The Balaban J connectivity index is 1.79. The maximum Gasteiger partial charge on any atom is 0.122 e. The van der Waals surface area contributed by atoms with Crippen molar-refractivity contribution in [2.45, 2.75) is 0 Å². The van der Waals surface area contributed by atoms with Crippen molar-refractivity contribution in [3.8, 4) is 17.6 Å². The van der Waals surface area contributed by atoms with E-state index in [2.05, 4.69) is 22.0 Å². The molecule has 0 amide bonds. The van der Waals surface area contributed by atoms with Gasteiger partial charge in [-0.25, -0.2) is 0 Å². The van der Waals surface area contributed by atoms with Crippen LogP contribution in [0, 0.1) is 11.3 Å². The Morgan fingerprint density at radius 1 is 0.947 bits per heavy atom. The van der Waals surface area contributed by atoms with Crippen LogP contribution < -0.4 is 9.47 Å². The van der Waals surface area contributed by atoms with Gasteiger partial charge in [0.15, 0.2) is 0 Å². The summed E-state index contributed by atoms with van der Waals surface area (Å²) in [5, 5.41) is 8.77. The van der Waals surface area contributed by atoms with Crippen LogP contribution in [0.2, 0.25) is 0 Å². The second-order valence-corrected chi connectivity index (χ2v) is 4.71. The summed E-state index contributed by atoms with van der Waals surface area (Å²) < 4.78 is 12.0. The van der Waals surface area contributed by atoms with Crippen molar-refractivity contribution in [2.75, 3.05) is 13.2 Å². The van der Waals surface area contributed by atoms with Gasteiger partial charge in [0, 0.05) is 4.47 Å². The third kappa shape index (κ3) is 4.31. The molecule has 0 bridgehead atoms. The van der Waals surface area contributed by atoms with Crippen molar-refractivity contribution in [1.82, 2.24) is 0 Å². The van der Waals surface area contributed by atoms with E-state index < -0.39 is 0 Å². The third-order valence-corrected chi connectivity index (χ3v) is 2.87. The Labute approximate surface area is 120 Å². The molecule has 3 nitrogen and oxygen atoms in total. The van der Waals surface area contributed by atoms with E-state index >= 15 is 0 Å². The Morgan fingerprint density at radius 3 is 2.21 bits per heavy atom. The second-order valence-electron chi connectivity index (χ2n) is 3.79. The lowest BCUT2D eigenvalue weighted by atomic mass is 10.2. The predicted octanol–water partition coefficient (Wildman–Crippen LogP) is 3.78. The molecule has 4 heteroatoms. The Kier molecular flexibility index (Phi) is 4.82. The van der Waals surface area contributed by atoms with E-state index in [9.17, 15) is 0 Å². The normalized spacial score (nSPS) is 9.68. The molecule has 0 saturated carbocycles. The Bertz CT molecular complexity index is 593. The van der Waals surface area contributed by atoms with E-state index in [1.807, 2.05) is 30.3 Å². The van der Waals surface area contributed by atoms with Gasteiger partial charge in [0.05, 0.1) is 11.6 Å². The number of hydrogen-bond acceptors (Lipinski definition) is 3. The molecule has 2 rings (SSSR count). The zero-order chi connectivity index (χ0) is 13.5. The number of nitriles is 1. The maximum atomic E-state index is 8.77. The topological polar surface area (TPSA) is 42.2 Å². The summed E-state index contributed by atoms with van der Waals surface area (Å²) >= 11 is 3.38. The van der Waals surface area contributed by atoms with Gasteiger partial charge in [-0.15, -0.1) is 0 Å². The monoisotopic (exact) mass is 317 g/mol. The molecule has 2 aromatic rings. The summed E-state index contributed by atoms with van der Waals surface area (Å²) in [6.45, 7) is 0.884.